The first-order chi connectivity index (χ1) is 7.29. The molecule has 2 aliphatic heterocycles. The molecule has 0 bridgehead atoms. The minimum atomic E-state index is 0.668. The van der Waals surface area contributed by atoms with Gasteiger partial charge in [-0.2, -0.15) is 0 Å². The van der Waals surface area contributed by atoms with Crippen molar-refractivity contribution in [3.8, 4) is 0 Å². The van der Waals surface area contributed by atoms with Crippen LogP contribution in [0.3, 0.4) is 0 Å². The van der Waals surface area contributed by atoms with Crippen molar-refractivity contribution in [1.29, 1.82) is 0 Å². The molecule has 0 aromatic rings. The fraction of sp³-hybridized carbons (Fsp3) is 1.00. The highest BCUT2D eigenvalue weighted by molar-refractivity contribution is 4.81. The molecule has 0 radical (unpaired) electrons. The lowest BCUT2D eigenvalue weighted by atomic mass is 9.95. The van der Waals surface area contributed by atoms with E-state index in [1.807, 2.05) is 0 Å². The fourth-order valence-corrected chi connectivity index (χ4v) is 2.69. The quantitative estimate of drug-likeness (QED) is 0.734. The summed E-state index contributed by atoms with van der Waals surface area (Å²) in [6.45, 7) is 8.48. The molecular formula is C12H25N3. The van der Waals surface area contributed by atoms with Gasteiger partial charge in [0.2, 0.25) is 0 Å². The zero-order chi connectivity index (χ0) is 10.7. The van der Waals surface area contributed by atoms with Crippen LogP contribution in [0.4, 0.5) is 0 Å². The van der Waals surface area contributed by atoms with E-state index < -0.39 is 0 Å². The maximum absolute atomic E-state index is 3.71. The van der Waals surface area contributed by atoms with Gasteiger partial charge in [-0.1, -0.05) is 13.3 Å². The van der Waals surface area contributed by atoms with Gasteiger partial charge in [0.25, 0.3) is 0 Å². The van der Waals surface area contributed by atoms with Crippen LogP contribution in [-0.2, 0) is 0 Å². The third-order valence-corrected chi connectivity index (χ3v) is 4.05. The van der Waals surface area contributed by atoms with Crippen LogP contribution < -0.4 is 5.32 Å². The third-order valence-electron chi connectivity index (χ3n) is 4.05. The number of likely N-dealkylation sites (N-methyl/N-ethyl adjacent to an activating group) is 1. The van der Waals surface area contributed by atoms with Crippen LogP contribution in [0.5, 0.6) is 0 Å². The second-order valence-electron chi connectivity index (χ2n) is 5.11. The lowest BCUT2D eigenvalue weighted by Gasteiger charge is -2.41. The van der Waals surface area contributed by atoms with Crippen molar-refractivity contribution < 1.29 is 0 Å². The van der Waals surface area contributed by atoms with Crippen molar-refractivity contribution in [2.24, 2.45) is 5.92 Å². The molecule has 2 saturated heterocycles. The van der Waals surface area contributed by atoms with Crippen LogP contribution in [-0.4, -0.2) is 55.7 Å². The Morgan fingerprint density at radius 1 is 1.13 bits per heavy atom. The average Bonchev–Trinajstić information content (AvgIpc) is 2.30. The van der Waals surface area contributed by atoms with E-state index in [9.17, 15) is 0 Å². The summed E-state index contributed by atoms with van der Waals surface area (Å²) in [5.74, 6) is 0.925. The van der Waals surface area contributed by atoms with E-state index in [1.54, 1.807) is 0 Å². The summed E-state index contributed by atoms with van der Waals surface area (Å²) < 4.78 is 0. The van der Waals surface area contributed by atoms with Gasteiger partial charge < -0.3 is 10.2 Å². The zero-order valence-electron chi connectivity index (χ0n) is 10.2. The average molecular weight is 211 g/mol. The third kappa shape index (κ3) is 2.92. The first kappa shape index (κ1) is 11.4. The smallest absolute Gasteiger partial charge is 0.0598 e. The highest BCUT2D eigenvalue weighted by Crippen LogP contribution is 2.19. The number of rotatable bonds is 2. The second kappa shape index (κ2) is 5.28. The predicted octanol–water partition coefficient (Wildman–Crippen LogP) is 0.970. The molecule has 2 aliphatic rings. The lowest BCUT2D eigenvalue weighted by Crippen LogP contribution is -2.56. The Bertz CT molecular complexity index is 179. The van der Waals surface area contributed by atoms with Crippen LogP contribution in [0, 0.1) is 5.92 Å². The number of piperazine rings is 1. The topological polar surface area (TPSA) is 18.5 Å². The molecule has 0 aromatic carbocycles. The van der Waals surface area contributed by atoms with E-state index in [1.165, 1.54) is 52.0 Å². The molecule has 0 spiro atoms. The Labute approximate surface area is 93.8 Å². The summed E-state index contributed by atoms with van der Waals surface area (Å²) >= 11 is 0. The Hall–Kier alpha value is -0.120. The van der Waals surface area contributed by atoms with Crippen molar-refractivity contribution in [3.05, 3.63) is 0 Å². The molecule has 15 heavy (non-hydrogen) atoms. The summed E-state index contributed by atoms with van der Waals surface area (Å²) in [6.07, 6.45) is 4.77. The van der Waals surface area contributed by atoms with E-state index in [2.05, 4.69) is 29.1 Å². The van der Waals surface area contributed by atoms with Crippen molar-refractivity contribution in [1.82, 2.24) is 15.1 Å². The minimum Gasteiger partial charge on any atom is -0.304 e. The van der Waals surface area contributed by atoms with Gasteiger partial charge in [0.1, 0.15) is 0 Å². The molecule has 2 atom stereocenters. The number of hydrogen-bond donors (Lipinski definition) is 1. The van der Waals surface area contributed by atoms with Gasteiger partial charge in [-0.25, -0.2) is 0 Å². The SMILES string of the molecule is CCC1CCC(N2CCN(C)CC2)NC1. The normalized spacial score (nSPS) is 35.6. The van der Waals surface area contributed by atoms with Gasteiger partial charge in [-0.05, 0) is 32.4 Å². The van der Waals surface area contributed by atoms with Gasteiger partial charge >= 0.3 is 0 Å². The molecule has 2 unspecified atom stereocenters. The number of nitrogens with one attached hydrogen (secondary N) is 1. The summed E-state index contributed by atoms with van der Waals surface area (Å²) in [7, 11) is 2.22. The Morgan fingerprint density at radius 2 is 1.87 bits per heavy atom. The summed E-state index contributed by atoms with van der Waals surface area (Å²) in [4.78, 5) is 5.06. The number of hydrogen-bond acceptors (Lipinski definition) is 3. The van der Waals surface area contributed by atoms with Gasteiger partial charge in [0, 0.05) is 26.2 Å². The van der Waals surface area contributed by atoms with Crippen molar-refractivity contribution in [2.45, 2.75) is 32.4 Å². The highest BCUT2D eigenvalue weighted by atomic mass is 15.3. The van der Waals surface area contributed by atoms with Crippen LogP contribution >= 0.6 is 0 Å². The molecule has 3 heteroatoms. The molecule has 2 heterocycles. The molecule has 1 N–H and O–H groups in total. The largest absolute Gasteiger partial charge is 0.304 e. The molecule has 88 valence electrons. The summed E-state index contributed by atoms with van der Waals surface area (Å²) in [5.41, 5.74) is 0. The highest BCUT2D eigenvalue weighted by Gasteiger charge is 2.26. The Kier molecular flexibility index (Phi) is 4.00. The van der Waals surface area contributed by atoms with Crippen molar-refractivity contribution in [2.75, 3.05) is 39.8 Å². The minimum absolute atomic E-state index is 0.668. The molecule has 3 nitrogen and oxygen atoms in total. The van der Waals surface area contributed by atoms with Crippen molar-refractivity contribution in [3.63, 3.8) is 0 Å². The van der Waals surface area contributed by atoms with Crippen molar-refractivity contribution >= 4 is 0 Å². The maximum Gasteiger partial charge on any atom is 0.0598 e. The molecular weight excluding hydrogens is 186 g/mol. The molecule has 0 amide bonds. The molecule has 0 aromatic heterocycles. The second-order valence-corrected chi connectivity index (χ2v) is 5.11. The van der Waals surface area contributed by atoms with E-state index in [4.69, 9.17) is 0 Å². The molecule has 2 fully saturated rings. The summed E-state index contributed by atoms with van der Waals surface area (Å²) in [5, 5.41) is 3.71. The molecule has 0 saturated carbocycles. The van der Waals surface area contributed by atoms with Gasteiger partial charge in [-0.3, -0.25) is 4.90 Å². The monoisotopic (exact) mass is 211 g/mol. The van der Waals surface area contributed by atoms with Gasteiger partial charge in [0.05, 0.1) is 6.17 Å². The fourth-order valence-electron chi connectivity index (χ4n) is 2.69. The van der Waals surface area contributed by atoms with Gasteiger partial charge in [-0.15, -0.1) is 0 Å². The first-order valence-electron chi connectivity index (χ1n) is 6.45. The van der Waals surface area contributed by atoms with E-state index in [0.29, 0.717) is 6.17 Å². The van der Waals surface area contributed by atoms with Crippen LogP contribution in [0.2, 0.25) is 0 Å². The van der Waals surface area contributed by atoms with Crippen LogP contribution in [0.25, 0.3) is 0 Å². The van der Waals surface area contributed by atoms with Crippen LogP contribution in [0.1, 0.15) is 26.2 Å². The number of piperidine rings is 1. The molecule has 0 aliphatic carbocycles. The lowest BCUT2D eigenvalue weighted by molar-refractivity contribution is 0.0690. The Morgan fingerprint density at radius 3 is 2.40 bits per heavy atom. The van der Waals surface area contributed by atoms with E-state index in [-0.39, 0.29) is 0 Å². The molecule has 2 rings (SSSR count). The van der Waals surface area contributed by atoms with Crippen LogP contribution in [0.15, 0.2) is 0 Å². The van der Waals surface area contributed by atoms with E-state index >= 15 is 0 Å². The Balaban J connectivity index is 1.75. The standard InChI is InChI=1S/C12H25N3/c1-3-11-4-5-12(13-10-11)15-8-6-14(2)7-9-15/h11-13H,3-10H2,1-2H3. The maximum atomic E-state index is 3.71. The zero-order valence-corrected chi connectivity index (χ0v) is 10.2. The van der Waals surface area contributed by atoms with E-state index in [0.717, 1.165) is 5.92 Å². The number of nitrogens with zero attached hydrogens (tertiary/aromatic N) is 2. The van der Waals surface area contributed by atoms with Gasteiger partial charge in [0.15, 0.2) is 0 Å². The first-order valence-corrected chi connectivity index (χ1v) is 6.45. The summed E-state index contributed by atoms with van der Waals surface area (Å²) in [6, 6.07) is 0. The predicted molar refractivity (Wildman–Crippen MR) is 63.9 cm³/mol.